The molecule has 0 atom stereocenters. The van der Waals surface area contributed by atoms with Crippen molar-refractivity contribution in [1.29, 1.82) is 0 Å². The predicted molar refractivity (Wildman–Crippen MR) is 316 cm³/mol. The average Bonchev–Trinajstić information content (AvgIpc) is 4.14. The molecule has 0 fully saturated rings. The van der Waals surface area contributed by atoms with Crippen LogP contribution in [0.4, 0.5) is 22.7 Å². The Morgan fingerprint density at radius 2 is 1.24 bits per heavy atom. The fraction of sp³-hybridized carbons (Fsp3) is 0.138. The van der Waals surface area contributed by atoms with Crippen molar-refractivity contribution in [2.75, 3.05) is 16.5 Å². The van der Waals surface area contributed by atoms with Crippen LogP contribution in [0.3, 0.4) is 0 Å². The fourth-order valence-corrected chi connectivity index (χ4v) is 9.67. The first-order valence-electron chi connectivity index (χ1n) is 27.3. The summed E-state index contributed by atoms with van der Waals surface area (Å²) in [7, 11) is 4.36. The molecule has 3 aliphatic heterocycles. The minimum Gasteiger partial charge on any atom is -0.439 e. The van der Waals surface area contributed by atoms with Gasteiger partial charge in [0.25, 0.3) is 0 Å². The molecule has 0 spiro atoms. The highest BCUT2D eigenvalue weighted by Crippen LogP contribution is 2.50. The number of ether oxygens (including phenoxy) is 1. The summed E-state index contributed by atoms with van der Waals surface area (Å²) >= 11 is 0. The van der Waals surface area contributed by atoms with Gasteiger partial charge in [0.15, 0.2) is 14.6 Å². The lowest BCUT2D eigenvalue weighted by Crippen LogP contribution is -2.27. The molecule has 0 saturated carbocycles. The Balaban J connectivity index is 1.09. The maximum atomic E-state index is 9.20. The summed E-state index contributed by atoms with van der Waals surface area (Å²) in [6.45, 7) is 13.6. The summed E-state index contributed by atoms with van der Waals surface area (Å²) in [5.41, 5.74) is 12.5. The standard InChI is InChI=1S/C65H59B2N7O/c1-64(2,3)46-30-37-70-61(40-46)74-57-25-11-10-22-50(57)51-29-28-49(43-60(51)74)75-62-42-48(41-56(71-62)45-20-8-7-9-21-45)72-44-73(59-27-13-12-26-58(59)72)63-52(54-23-18-35-68-33-16-14-31-66-54)38-47(65(4,5)6)39-53(63)55-24-19-36-69-34-17-15-32-67-55/h7-43,68-69H,44H2,1-6H3/b31-14-,32-15-,33-16-,34-17-,35-18-,36-19-,54-23-,55-24-/i10D,11D,22D,25D. The highest BCUT2D eigenvalue weighted by atomic mass is 16.5. The SMILES string of the molecule is [2H]c1c([2H])c([2H])c2c(c1[2H])c1ccc(Oc3cc(N4CN(c5c(/C6=C/C=C\N/C=C\C=C/[B]6)cc(C(C)(C)C)cc5/C5=C/C=C\N/C=C\C=C/[B]5)c5ccccc54)cc(-c4ccccc4)n3)cc1n2-c1cc(C(C)(C)C)ccn1. The monoisotopic (exact) mass is 980 g/mol. The molecule has 11 rings (SSSR count). The average molecular weight is 980 g/mol. The molecule has 10 heteroatoms. The first kappa shape index (κ1) is 43.8. The van der Waals surface area contributed by atoms with Crippen molar-refractivity contribution in [3.63, 3.8) is 0 Å². The third-order valence-corrected chi connectivity index (χ3v) is 13.5. The van der Waals surface area contributed by atoms with Crippen molar-refractivity contribution < 1.29 is 10.2 Å². The van der Waals surface area contributed by atoms with E-state index < -0.39 is 0 Å². The van der Waals surface area contributed by atoms with Crippen LogP contribution in [0.1, 0.15) is 69.3 Å². The largest absolute Gasteiger partial charge is 0.439 e. The Bertz CT molecular complexity index is 3880. The zero-order valence-corrected chi connectivity index (χ0v) is 43.1. The summed E-state index contributed by atoms with van der Waals surface area (Å²) in [6.07, 6.45) is 25.9. The molecule has 0 saturated heterocycles. The molecule has 2 radical (unpaired) electrons. The van der Waals surface area contributed by atoms with E-state index in [4.69, 9.17) is 18.8 Å². The van der Waals surface area contributed by atoms with Gasteiger partial charge in [-0.3, -0.25) is 4.57 Å². The zero-order valence-electron chi connectivity index (χ0n) is 47.1. The maximum Gasteiger partial charge on any atom is 0.221 e. The molecule has 5 aromatic carbocycles. The van der Waals surface area contributed by atoms with E-state index in [1.54, 1.807) is 6.20 Å². The van der Waals surface area contributed by atoms with E-state index in [0.717, 1.165) is 55.9 Å². The minimum absolute atomic E-state index is 0.116. The van der Waals surface area contributed by atoms with Crippen molar-refractivity contribution in [2.45, 2.75) is 52.4 Å². The lowest BCUT2D eigenvalue weighted by atomic mass is 9.62. The topological polar surface area (TPSA) is 70.5 Å². The van der Waals surface area contributed by atoms with Gasteiger partial charge >= 0.3 is 0 Å². The number of para-hydroxylation sites is 3. The van der Waals surface area contributed by atoms with Gasteiger partial charge in [-0.25, -0.2) is 9.97 Å². The van der Waals surface area contributed by atoms with Crippen LogP contribution in [-0.2, 0) is 10.8 Å². The molecule has 3 aliphatic rings. The zero-order chi connectivity index (χ0) is 55.0. The van der Waals surface area contributed by atoms with E-state index in [0.29, 0.717) is 51.6 Å². The molecule has 0 aliphatic carbocycles. The highest BCUT2D eigenvalue weighted by molar-refractivity contribution is 6.67. The van der Waals surface area contributed by atoms with E-state index in [-0.39, 0.29) is 35.0 Å². The van der Waals surface area contributed by atoms with Crippen LogP contribution in [0.2, 0.25) is 0 Å². The Morgan fingerprint density at radius 3 is 1.92 bits per heavy atom. The summed E-state index contributed by atoms with van der Waals surface area (Å²) < 4.78 is 44.5. The summed E-state index contributed by atoms with van der Waals surface area (Å²) in [5.74, 6) is 5.52. The summed E-state index contributed by atoms with van der Waals surface area (Å²) in [4.78, 5) is 14.7. The van der Waals surface area contributed by atoms with E-state index in [1.165, 1.54) is 5.56 Å². The molecular formula is C65H59B2N7O. The number of allylic oxidation sites excluding steroid dienone is 8. The smallest absolute Gasteiger partial charge is 0.221 e. The molecular weight excluding hydrogens is 916 g/mol. The molecule has 3 aromatic heterocycles. The van der Waals surface area contributed by atoms with Gasteiger partial charge in [-0.2, -0.15) is 0 Å². The molecule has 366 valence electrons. The Labute approximate surface area is 448 Å². The van der Waals surface area contributed by atoms with Crippen molar-refractivity contribution in [1.82, 2.24) is 25.2 Å². The number of nitrogens with zero attached hydrogens (tertiary/aromatic N) is 5. The lowest BCUT2D eigenvalue weighted by molar-refractivity contribution is 0.464. The number of rotatable bonds is 8. The third-order valence-electron chi connectivity index (χ3n) is 13.5. The second-order valence-electron chi connectivity index (χ2n) is 20.7. The second kappa shape index (κ2) is 20.6. The lowest BCUT2D eigenvalue weighted by Gasteiger charge is -2.31. The van der Waals surface area contributed by atoms with Gasteiger partial charge in [0.2, 0.25) is 5.88 Å². The molecule has 75 heavy (non-hydrogen) atoms. The number of fused-ring (bicyclic) bond motifs is 4. The van der Waals surface area contributed by atoms with Gasteiger partial charge in [0, 0.05) is 59.5 Å². The van der Waals surface area contributed by atoms with Crippen LogP contribution in [0, 0.1) is 0 Å². The van der Waals surface area contributed by atoms with Crippen molar-refractivity contribution in [3.8, 4) is 28.7 Å². The number of hydrogen-bond acceptors (Lipinski definition) is 7. The van der Waals surface area contributed by atoms with Crippen molar-refractivity contribution in [3.05, 3.63) is 247 Å². The summed E-state index contributed by atoms with van der Waals surface area (Å²) in [6, 6.07) is 36.1. The molecule has 0 amide bonds. The van der Waals surface area contributed by atoms with Crippen LogP contribution in [0.25, 0.3) is 49.8 Å². The van der Waals surface area contributed by atoms with Gasteiger partial charge in [-0.05, 0) is 118 Å². The molecule has 6 heterocycles. The Hall–Kier alpha value is -8.75. The van der Waals surface area contributed by atoms with E-state index in [1.807, 2.05) is 133 Å². The van der Waals surface area contributed by atoms with E-state index in [2.05, 4.69) is 143 Å². The first-order valence-corrected chi connectivity index (χ1v) is 25.3. The quantitative estimate of drug-likeness (QED) is 0.147. The number of hydrogen-bond donors (Lipinski definition) is 2. The van der Waals surface area contributed by atoms with Gasteiger partial charge < -0.3 is 25.2 Å². The van der Waals surface area contributed by atoms with Crippen LogP contribution >= 0.6 is 0 Å². The number of aromatic nitrogens is 3. The number of benzene rings is 5. The molecule has 0 bridgehead atoms. The maximum absolute atomic E-state index is 9.20. The number of pyridine rings is 2. The highest BCUT2D eigenvalue weighted by Gasteiger charge is 2.34. The van der Waals surface area contributed by atoms with Crippen molar-refractivity contribution in [2.24, 2.45) is 0 Å². The molecule has 2 N–H and O–H groups in total. The first-order chi connectivity index (χ1) is 38.1. The Kier molecular flexibility index (Phi) is 12.1. The summed E-state index contributed by atoms with van der Waals surface area (Å²) in [5, 5.41) is 7.56. The van der Waals surface area contributed by atoms with Gasteiger partial charge in [-0.1, -0.05) is 137 Å². The number of anilines is 4. The van der Waals surface area contributed by atoms with Gasteiger partial charge in [-0.15, -0.1) is 12.0 Å². The number of nitrogens with one attached hydrogen (secondary N) is 2. The normalized spacial score (nSPS) is 19.4. The second-order valence-corrected chi connectivity index (χ2v) is 20.7. The minimum atomic E-state index is -0.313. The van der Waals surface area contributed by atoms with Crippen LogP contribution < -0.4 is 25.2 Å². The van der Waals surface area contributed by atoms with Crippen molar-refractivity contribution >= 4 is 70.1 Å². The third kappa shape index (κ3) is 10.2. The van der Waals surface area contributed by atoms with Crippen LogP contribution in [0.5, 0.6) is 11.6 Å². The molecule has 0 unspecified atom stereocenters. The Morgan fingerprint density at radius 1 is 0.600 bits per heavy atom. The van der Waals surface area contributed by atoms with E-state index >= 15 is 0 Å². The van der Waals surface area contributed by atoms with E-state index in [9.17, 15) is 1.37 Å². The predicted octanol–water partition coefficient (Wildman–Crippen LogP) is 15.3. The fourth-order valence-electron chi connectivity index (χ4n) is 9.67. The van der Waals surface area contributed by atoms with Gasteiger partial charge in [0.1, 0.15) is 18.2 Å². The van der Waals surface area contributed by atoms with Crippen LogP contribution in [0.15, 0.2) is 225 Å². The van der Waals surface area contributed by atoms with Crippen LogP contribution in [-0.4, -0.2) is 35.8 Å². The molecule has 8 aromatic rings. The van der Waals surface area contributed by atoms with Gasteiger partial charge in [0.05, 0.1) is 45.0 Å². The molecule has 8 nitrogen and oxygen atoms in total.